The maximum atomic E-state index is 11.1. The summed E-state index contributed by atoms with van der Waals surface area (Å²) in [6.07, 6.45) is 0. The molecule has 0 atom stereocenters. The first-order valence-corrected chi connectivity index (χ1v) is 5.07. The fourth-order valence-electron chi connectivity index (χ4n) is 1.24. The lowest BCUT2D eigenvalue weighted by molar-refractivity contribution is -0.113. The average molecular weight is 234 g/mol. The molecule has 0 heterocycles. The lowest BCUT2D eigenvalue weighted by Crippen LogP contribution is -1.96. The molecule has 1 aromatic rings. The Hall–Kier alpha value is -2.01. The molecule has 0 aliphatic heterocycles. The second-order valence-electron chi connectivity index (χ2n) is 3.48. The van der Waals surface area contributed by atoms with Gasteiger partial charge >= 0.3 is 0 Å². The monoisotopic (exact) mass is 234 g/mol. The molecule has 5 heteroatoms. The van der Waals surface area contributed by atoms with Crippen LogP contribution in [0, 0.1) is 0 Å². The first-order chi connectivity index (χ1) is 8.06. The molecule has 0 radical (unpaired) electrons. The van der Waals surface area contributed by atoms with Crippen LogP contribution in [-0.4, -0.2) is 16.0 Å². The van der Waals surface area contributed by atoms with Gasteiger partial charge in [0.25, 0.3) is 0 Å². The number of carbonyl (C=O) groups is 1. The van der Waals surface area contributed by atoms with E-state index in [-0.39, 0.29) is 23.8 Å². The Labute approximate surface area is 99.1 Å². The number of benzene rings is 1. The quantitative estimate of drug-likeness (QED) is 0.477. The minimum atomic E-state index is -0.366. The first-order valence-electron chi connectivity index (χ1n) is 5.07. The van der Waals surface area contributed by atoms with Gasteiger partial charge in [-0.2, -0.15) is 0 Å². The summed E-state index contributed by atoms with van der Waals surface area (Å²) in [5, 5.41) is 25.9. The van der Waals surface area contributed by atoms with Crippen molar-refractivity contribution in [3.05, 3.63) is 41.3 Å². The predicted octanol–water partition coefficient (Wildman–Crippen LogP) is 2.64. The number of hydrogen-bond acceptors (Lipinski definition) is 5. The Morgan fingerprint density at radius 1 is 1.29 bits per heavy atom. The molecule has 0 saturated carbocycles. The Balaban J connectivity index is 3.05. The van der Waals surface area contributed by atoms with E-state index in [4.69, 9.17) is 5.11 Å². The number of aliphatic hydroxyl groups is 2. The fourth-order valence-corrected chi connectivity index (χ4v) is 1.24. The van der Waals surface area contributed by atoms with Gasteiger partial charge in [-0.25, -0.2) is 0 Å². The highest BCUT2D eigenvalue weighted by Crippen LogP contribution is 2.20. The Morgan fingerprint density at radius 3 is 2.47 bits per heavy atom. The second kappa shape index (κ2) is 5.91. The van der Waals surface area contributed by atoms with Crippen LogP contribution in [0.5, 0.6) is 0 Å². The van der Waals surface area contributed by atoms with Crippen LogP contribution in [0.2, 0.25) is 0 Å². The SMILES string of the molecule is CC(=O)/C(N=Nc1ccccc1CO)=C(/C)O. The summed E-state index contributed by atoms with van der Waals surface area (Å²) in [6, 6.07) is 6.89. The number of aliphatic hydroxyl groups excluding tert-OH is 2. The predicted molar refractivity (Wildman–Crippen MR) is 62.9 cm³/mol. The number of rotatable bonds is 4. The smallest absolute Gasteiger partial charge is 0.183 e. The van der Waals surface area contributed by atoms with Crippen molar-refractivity contribution in [3.63, 3.8) is 0 Å². The largest absolute Gasteiger partial charge is 0.510 e. The molecule has 1 rings (SSSR count). The summed E-state index contributed by atoms with van der Waals surface area (Å²) in [4.78, 5) is 11.1. The third-order valence-electron chi connectivity index (χ3n) is 2.10. The summed E-state index contributed by atoms with van der Waals surface area (Å²) >= 11 is 0. The van der Waals surface area contributed by atoms with Crippen molar-refractivity contribution in [2.24, 2.45) is 10.2 Å². The molecule has 1 aromatic carbocycles. The lowest BCUT2D eigenvalue weighted by atomic mass is 10.2. The van der Waals surface area contributed by atoms with Gasteiger partial charge in [-0.1, -0.05) is 18.2 Å². The van der Waals surface area contributed by atoms with E-state index in [0.29, 0.717) is 11.3 Å². The number of carbonyl (C=O) groups excluding carboxylic acids is 1. The zero-order chi connectivity index (χ0) is 12.8. The summed E-state index contributed by atoms with van der Waals surface area (Å²) in [5.74, 6) is -0.544. The van der Waals surface area contributed by atoms with Crippen LogP contribution in [0.4, 0.5) is 5.69 Å². The normalized spacial score (nSPS) is 12.6. The lowest BCUT2D eigenvalue weighted by Gasteiger charge is -2.00. The standard InChI is InChI=1S/C12H14N2O3/c1-8(16)12(9(2)17)14-13-11-6-4-3-5-10(11)7-15/h3-6,15-16H,7H2,1-2H3/b12-8+,14-13?. The van der Waals surface area contributed by atoms with Crippen molar-refractivity contribution < 1.29 is 15.0 Å². The molecule has 17 heavy (non-hydrogen) atoms. The molecule has 0 aliphatic carbocycles. The van der Waals surface area contributed by atoms with Crippen LogP contribution in [0.1, 0.15) is 19.4 Å². The van der Waals surface area contributed by atoms with E-state index in [1.807, 2.05) is 0 Å². The third kappa shape index (κ3) is 3.49. The van der Waals surface area contributed by atoms with Gasteiger partial charge in [0.15, 0.2) is 11.5 Å². The van der Waals surface area contributed by atoms with Crippen molar-refractivity contribution in [2.75, 3.05) is 0 Å². The van der Waals surface area contributed by atoms with Crippen LogP contribution in [0.25, 0.3) is 0 Å². The van der Waals surface area contributed by atoms with Gasteiger partial charge in [0.2, 0.25) is 0 Å². The molecule has 0 saturated heterocycles. The van der Waals surface area contributed by atoms with Crippen LogP contribution >= 0.6 is 0 Å². The highest BCUT2D eigenvalue weighted by molar-refractivity contribution is 5.93. The van der Waals surface area contributed by atoms with Crippen LogP contribution in [0.15, 0.2) is 46.0 Å². The molecule has 0 unspecified atom stereocenters. The van der Waals surface area contributed by atoms with E-state index in [0.717, 1.165) is 0 Å². The molecule has 2 N–H and O–H groups in total. The number of Topliss-reactive ketones (excluding diaryl/α,β-unsaturated/α-hetero) is 1. The zero-order valence-electron chi connectivity index (χ0n) is 9.71. The summed E-state index contributed by atoms with van der Waals surface area (Å²) in [7, 11) is 0. The molecular weight excluding hydrogens is 220 g/mol. The van der Waals surface area contributed by atoms with Crippen LogP contribution in [-0.2, 0) is 11.4 Å². The van der Waals surface area contributed by atoms with Gasteiger partial charge in [0.05, 0.1) is 12.3 Å². The second-order valence-corrected chi connectivity index (χ2v) is 3.48. The van der Waals surface area contributed by atoms with Crippen LogP contribution < -0.4 is 0 Å². The first kappa shape index (κ1) is 13.1. The Kier molecular flexibility index (Phi) is 4.54. The minimum absolute atomic E-state index is 0.0854. The molecular formula is C12H14N2O3. The van der Waals surface area contributed by atoms with Crippen molar-refractivity contribution in [1.82, 2.24) is 0 Å². The maximum Gasteiger partial charge on any atom is 0.183 e. The summed E-state index contributed by atoms with van der Waals surface area (Å²) < 4.78 is 0. The molecule has 0 aliphatic rings. The number of hydrogen-bond donors (Lipinski definition) is 2. The van der Waals surface area contributed by atoms with E-state index < -0.39 is 0 Å². The van der Waals surface area contributed by atoms with E-state index >= 15 is 0 Å². The van der Waals surface area contributed by atoms with Crippen molar-refractivity contribution in [1.29, 1.82) is 0 Å². The molecule has 0 amide bonds. The fraction of sp³-hybridized carbons (Fsp3) is 0.250. The minimum Gasteiger partial charge on any atom is -0.510 e. The highest BCUT2D eigenvalue weighted by Gasteiger charge is 2.07. The van der Waals surface area contributed by atoms with E-state index in [1.165, 1.54) is 13.8 Å². The molecule has 0 spiro atoms. The number of azo groups is 1. The van der Waals surface area contributed by atoms with Gasteiger partial charge < -0.3 is 10.2 Å². The van der Waals surface area contributed by atoms with Gasteiger partial charge in [-0.3, -0.25) is 4.79 Å². The highest BCUT2D eigenvalue weighted by atomic mass is 16.3. The van der Waals surface area contributed by atoms with E-state index in [1.54, 1.807) is 24.3 Å². The van der Waals surface area contributed by atoms with Crippen LogP contribution in [0.3, 0.4) is 0 Å². The third-order valence-corrected chi connectivity index (χ3v) is 2.10. The number of ketones is 1. The van der Waals surface area contributed by atoms with Gasteiger partial charge in [0.1, 0.15) is 5.76 Å². The molecule has 5 nitrogen and oxygen atoms in total. The van der Waals surface area contributed by atoms with Gasteiger partial charge in [-0.05, 0) is 13.0 Å². The summed E-state index contributed by atoms with van der Waals surface area (Å²) in [6.45, 7) is 2.51. The van der Waals surface area contributed by atoms with Gasteiger partial charge in [-0.15, -0.1) is 10.2 Å². The molecule has 90 valence electrons. The van der Waals surface area contributed by atoms with E-state index in [2.05, 4.69) is 10.2 Å². The van der Waals surface area contributed by atoms with Gasteiger partial charge in [0, 0.05) is 12.5 Å². The molecule has 0 aromatic heterocycles. The Bertz CT molecular complexity index is 474. The maximum absolute atomic E-state index is 11.1. The average Bonchev–Trinajstić information content (AvgIpc) is 2.29. The number of nitrogens with zero attached hydrogens (tertiary/aromatic N) is 2. The Morgan fingerprint density at radius 2 is 1.94 bits per heavy atom. The molecule has 0 fully saturated rings. The topological polar surface area (TPSA) is 82.2 Å². The van der Waals surface area contributed by atoms with E-state index in [9.17, 15) is 9.90 Å². The number of allylic oxidation sites excluding steroid dienone is 2. The van der Waals surface area contributed by atoms with Crippen molar-refractivity contribution in [3.8, 4) is 0 Å². The van der Waals surface area contributed by atoms with Crippen molar-refractivity contribution in [2.45, 2.75) is 20.5 Å². The van der Waals surface area contributed by atoms with Crippen molar-refractivity contribution >= 4 is 11.5 Å². The summed E-state index contributed by atoms with van der Waals surface area (Å²) in [5.41, 5.74) is 0.988. The zero-order valence-corrected chi connectivity index (χ0v) is 9.71. The molecule has 0 bridgehead atoms.